The second-order valence-corrected chi connectivity index (χ2v) is 7.39. The van der Waals surface area contributed by atoms with Gasteiger partial charge in [0.15, 0.2) is 0 Å². The molecule has 1 atom stereocenters. The van der Waals surface area contributed by atoms with Gasteiger partial charge in [-0.2, -0.15) is 0 Å². The first-order valence-corrected chi connectivity index (χ1v) is 8.48. The number of rotatable bonds is 3. The van der Waals surface area contributed by atoms with Crippen molar-refractivity contribution in [1.29, 1.82) is 0 Å². The molecule has 3 heteroatoms. The van der Waals surface area contributed by atoms with Gasteiger partial charge in [-0.1, -0.05) is 26.7 Å². The molecular formula is C18H29N3. The topological polar surface area (TPSA) is 28.2 Å². The van der Waals surface area contributed by atoms with E-state index >= 15 is 0 Å². The molecule has 1 aliphatic carbocycles. The van der Waals surface area contributed by atoms with Gasteiger partial charge in [0.05, 0.1) is 0 Å². The highest BCUT2D eigenvalue weighted by atomic mass is 15.3. The van der Waals surface area contributed by atoms with E-state index in [0.717, 1.165) is 13.1 Å². The van der Waals surface area contributed by atoms with E-state index in [1.165, 1.54) is 43.4 Å². The number of hydrogen-bond acceptors (Lipinski definition) is 3. The van der Waals surface area contributed by atoms with Crippen LogP contribution < -0.4 is 5.32 Å². The van der Waals surface area contributed by atoms with Crippen LogP contribution >= 0.6 is 0 Å². The minimum atomic E-state index is 0.395. The highest BCUT2D eigenvalue weighted by Gasteiger charge is 2.41. The van der Waals surface area contributed by atoms with Gasteiger partial charge in [-0.15, -0.1) is 0 Å². The van der Waals surface area contributed by atoms with Crippen molar-refractivity contribution in [2.45, 2.75) is 64.6 Å². The molecule has 1 aromatic rings. The Bertz CT molecular complexity index is 477. The molecule has 21 heavy (non-hydrogen) atoms. The van der Waals surface area contributed by atoms with Gasteiger partial charge in [-0.3, -0.25) is 9.88 Å². The van der Waals surface area contributed by atoms with Crippen LogP contribution in [0, 0.1) is 12.8 Å². The lowest BCUT2D eigenvalue weighted by atomic mass is 9.88. The number of aryl methyl sites for hydroxylation is 1. The van der Waals surface area contributed by atoms with E-state index in [-0.39, 0.29) is 0 Å². The van der Waals surface area contributed by atoms with E-state index in [1.54, 1.807) is 0 Å². The quantitative estimate of drug-likeness (QED) is 0.926. The number of nitrogens with one attached hydrogen (secondary N) is 1. The van der Waals surface area contributed by atoms with Crippen molar-refractivity contribution in [3.05, 3.63) is 29.6 Å². The average Bonchev–Trinajstić information content (AvgIpc) is 2.89. The minimum absolute atomic E-state index is 0.395. The first-order valence-electron chi connectivity index (χ1n) is 8.48. The number of piperazine rings is 1. The van der Waals surface area contributed by atoms with Crippen LogP contribution in [0.3, 0.4) is 0 Å². The van der Waals surface area contributed by atoms with Crippen LogP contribution in [0.5, 0.6) is 0 Å². The number of pyridine rings is 1. The largest absolute Gasteiger partial charge is 0.308 e. The summed E-state index contributed by atoms with van der Waals surface area (Å²) < 4.78 is 0. The molecule has 1 saturated carbocycles. The maximum atomic E-state index is 4.23. The van der Waals surface area contributed by atoms with E-state index < -0.39 is 0 Å². The van der Waals surface area contributed by atoms with Gasteiger partial charge in [0.25, 0.3) is 0 Å². The molecule has 2 heterocycles. The standard InChI is InChI=1S/C18H29N3/c1-14(2)17-11-20-18(7-4-5-8-18)13-21(17)12-16-6-9-19-10-15(16)3/h6,9-10,14,17,20H,4-5,7-8,11-13H2,1-3H3. The summed E-state index contributed by atoms with van der Waals surface area (Å²) in [6, 6.07) is 2.83. The van der Waals surface area contributed by atoms with Crippen molar-refractivity contribution >= 4 is 0 Å². The van der Waals surface area contributed by atoms with Gasteiger partial charge in [0.1, 0.15) is 0 Å². The molecule has 1 aromatic heterocycles. The van der Waals surface area contributed by atoms with Crippen LogP contribution in [-0.2, 0) is 6.54 Å². The fourth-order valence-corrected chi connectivity index (χ4v) is 4.13. The maximum absolute atomic E-state index is 4.23. The molecule has 3 nitrogen and oxygen atoms in total. The highest BCUT2D eigenvalue weighted by Crippen LogP contribution is 2.35. The summed E-state index contributed by atoms with van der Waals surface area (Å²) in [4.78, 5) is 6.96. The third kappa shape index (κ3) is 3.14. The zero-order valence-electron chi connectivity index (χ0n) is 13.7. The Hall–Kier alpha value is -0.930. The minimum Gasteiger partial charge on any atom is -0.308 e. The van der Waals surface area contributed by atoms with Crippen molar-refractivity contribution in [3.8, 4) is 0 Å². The fraction of sp³-hybridized carbons (Fsp3) is 0.722. The smallest absolute Gasteiger partial charge is 0.0309 e. The summed E-state index contributed by atoms with van der Waals surface area (Å²) in [5, 5.41) is 3.90. The normalized spacial score (nSPS) is 25.8. The van der Waals surface area contributed by atoms with Gasteiger partial charge in [-0.05, 0) is 42.9 Å². The summed E-state index contributed by atoms with van der Waals surface area (Å²) in [5.74, 6) is 0.693. The van der Waals surface area contributed by atoms with Crippen molar-refractivity contribution in [2.75, 3.05) is 13.1 Å². The molecule has 0 radical (unpaired) electrons. The second-order valence-electron chi connectivity index (χ2n) is 7.39. The summed E-state index contributed by atoms with van der Waals surface area (Å²) in [5.41, 5.74) is 3.15. The van der Waals surface area contributed by atoms with Crippen LogP contribution in [0.25, 0.3) is 0 Å². The molecule has 1 aliphatic heterocycles. The molecule has 1 spiro atoms. The van der Waals surface area contributed by atoms with Crippen LogP contribution in [0.4, 0.5) is 0 Å². The molecule has 0 aromatic carbocycles. The van der Waals surface area contributed by atoms with Gasteiger partial charge >= 0.3 is 0 Å². The van der Waals surface area contributed by atoms with Crippen LogP contribution in [0.2, 0.25) is 0 Å². The van der Waals surface area contributed by atoms with Gasteiger partial charge < -0.3 is 5.32 Å². The summed E-state index contributed by atoms with van der Waals surface area (Å²) in [6.07, 6.45) is 9.41. The summed E-state index contributed by atoms with van der Waals surface area (Å²) in [7, 11) is 0. The van der Waals surface area contributed by atoms with Crippen molar-refractivity contribution in [1.82, 2.24) is 15.2 Å². The second kappa shape index (κ2) is 6.05. The Morgan fingerprint density at radius 1 is 1.38 bits per heavy atom. The summed E-state index contributed by atoms with van der Waals surface area (Å²) >= 11 is 0. The molecule has 0 bridgehead atoms. The third-order valence-electron chi connectivity index (χ3n) is 5.50. The lowest BCUT2D eigenvalue weighted by Crippen LogP contribution is -2.64. The monoisotopic (exact) mass is 287 g/mol. The predicted octanol–water partition coefficient (Wildman–Crippen LogP) is 3.13. The Balaban J connectivity index is 1.79. The zero-order chi connectivity index (χ0) is 14.9. The summed E-state index contributed by atoms with van der Waals surface area (Å²) in [6.45, 7) is 10.3. The lowest BCUT2D eigenvalue weighted by molar-refractivity contribution is 0.0505. The fourth-order valence-electron chi connectivity index (χ4n) is 4.13. The molecule has 1 N–H and O–H groups in total. The first-order chi connectivity index (χ1) is 10.1. The molecule has 3 rings (SSSR count). The lowest BCUT2D eigenvalue weighted by Gasteiger charge is -2.48. The van der Waals surface area contributed by atoms with Gasteiger partial charge in [0, 0.05) is 43.6 Å². The van der Waals surface area contributed by atoms with E-state index in [4.69, 9.17) is 0 Å². The predicted molar refractivity (Wildman–Crippen MR) is 87.2 cm³/mol. The molecule has 2 fully saturated rings. The Morgan fingerprint density at radius 3 is 2.81 bits per heavy atom. The van der Waals surface area contributed by atoms with Crippen molar-refractivity contribution in [2.24, 2.45) is 5.92 Å². The van der Waals surface area contributed by atoms with E-state index in [2.05, 4.69) is 42.0 Å². The van der Waals surface area contributed by atoms with Crippen LogP contribution in [0.1, 0.15) is 50.7 Å². The van der Waals surface area contributed by atoms with Gasteiger partial charge in [0.2, 0.25) is 0 Å². The average molecular weight is 287 g/mol. The number of nitrogens with zero attached hydrogens (tertiary/aromatic N) is 2. The van der Waals surface area contributed by atoms with E-state index in [1.807, 2.05) is 12.4 Å². The zero-order valence-corrected chi connectivity index (χ0v) is 13.7. The molecular weight excluding hydrogens is 258 g/mol. The maximum Gasteiger partial charge on any atom is 0.0309 e. The number of aromatic nitrogens is 1. The van der Waals surface area contributed by atoms with Crippen molar-refractivity contribution < 1.29 is 0 Å². The van der Waals surface area contributed by atoms with E-state index in [9.17, 15) is 0 Å². The number of hydrogen-bond donors (Lipinski definition) is 1. The molecule has 1 saturated heterocycles. The Kier molecular flexibility index (Phi) is 4.32. The van der Waals surface area contributed by atoms with Crippen molar-refractivity contribution in [3.63, 3.8) is 0 Å². The molecule has 116 valence electrons. The molecule has 2 aliphatic rings. The molecule has 0 amide bonds. The third-order valence-corrected chi connectivity index (χ3v) is 5.50. The van der Waals surface area contributed by atoms with Gasteiger partial charge in [-0.25, -0.2) is 0 Å². The first kappa shape index (κ1) is 15.0. The molecule has 1 unspecified atom stereocenters. The SMILES string of the molecule is Cc1cnccc1CN1CC2(CCCC2)NCC1C(C)C. The van der Waals surface area contributed by atoms with Crippen LogP contribution in [0.15, 0.2) is 18.5 Å². The van der Waals surface area contributed by atoms with E-state index in [0.29, 0.717) is 17.5 Å². The Morgan fingerprint density at radius 2 is 2.14 bits per heavy atom. The Labute approximate surface area is 129 Å². The van der Waals surface area contributed by atoms with Crippen LogP contribution in [-0.4, -0.2) is 34.6 Å². The highest BCUT2D eigenvalue weighted by molar-refractivity contribution is 5.22.